The highest BCUT2D eigenvalue weighted by atomic mass is 32.2. The molecule has 102 valence electrons. The molecule has 0 atom stereocenters. The van der Waals surface area contributed by atoms with Crippen molar-refractivity contribution in [1.82, 2.24) is 10.3 Å². The largest absolute Gasteiger partial charge is 0.350 e. The molecule has 1 heterocycles. The maximum Gasteiger partial charge on any atom is 0.269 e. The molecule has 0 aliphatic rings. The maximum atomic E-state index is 11.6. The summed E-state index contributed by atoms with van der Waals surface area (Å²) in [6, 6.07) is 3.18. The molecule has 0 bridgehead atoms. The minimum Gasteiger partial charge on any atom is -0.350 e. The Kier molecular flexibility index (Phi) is 5.48. The molecule has 1 amide bonds. The van der Waals surface area contributed by atoms with Crippen LogP contribution in [0.1, 0.15) is 16.1 Å². The Morgan fingerprint density at radius 3 is 2.74 bits per heavy atom. The van der Waals surface area contributed by atoms with Gasteiger partial charge in [0.1, 0.15) is 15.5 Å². The molecule has 19 heavy (non-hydrogen) atoms. The highest BCUT2D eigenvalue weighted by molar-refractivity contribution is 7.90. The Morgan fingerprint density at radius 1 is 1.47 bits per heavy atom. The number of carbonyl (C=O) groups is 1. The van der Waals surface area contributed by atoms with Gasteiger partial charge in [-0.15, -0.1) is 0 Å². The minimum atomic E-state index is -3.08. The second kappa shape index (κ2) is 6.87. The number of hydrogen-bond donors (Lipinski definition) is 2. The van der Waals surface area contributed by atoms with Gasteiger partial charge in [0.2, 0.25) is 0 Å². The van der Waals surface area contributed by atoms with Crippen molar-refractivity contribution in [3.63, 3.8) is 0 Å². The molecule has 0 radical (unpaired) electrons. The van der Waals surface area contributed by atoms with E-state index in [0.717, 1.165) is 6.26 Å². The first kappa shape index (κ1) is 15.1. The van der Waals surface area contributed by atoms with Crippen LogP contribution in [0.15, 0.2) is 18.3 Å². The summed E-state index contributed by atoms with van der Waals surface area (Å²) < 4.78 is 21.8. The lowest BCUT2D eigenvalue weighted by Crippen LogP contribution is -2.29. The molecule has 6 nitrogen and oxygen atoms in total. The Bertz CT molecular complexity index is 597. The van der Waals surface area contributed by atoms with Crippen LogP contribution in [0.25, 0.3) is 0 Å². The number of nitrogens with zero attached hydrogens (tertiary/aromatic N) is 1. The number of pyridine rings is 1. The number of hydrogen-bond acceptors (Lipinski definition) is 5. The van der Waals surface area contributed by atoms with E-state index in [1.807, 2.05) is 0 Å². The van der Waals surface area contributed by atoms with Gasteiger partial charge < -0.3 is 11.1 Å². The number of sulfone groups is 1. The zero-order valence-corrected chi connectivity index (χ0v) is 11.3. The fourth-order valence-corrected chi connectivity index (χ4v) is 1.67. The van der Waals surface area contributed by atoms with Crippen molar-refractivity contribution in [2.45, 2.75) is 0 Å². The number of rotatable bonds is 4. The minimum absolute atomic E-state index is 0.0636. The molecule has 0 unspecified atom stereocenters. The fraction of sp³-hybridized carbons (Fsp3) is 0.333. The summed E-state index contributed by atoms with van der Waals surface area (Å²) in [5.41, 5.74) is 6.12. The van der Waals surface area contributed by atoms with E-state index in [1.54, 1.807) is 6.07 Å². The third kappa shape index (κ3) is 5.99. The standard InChI is InChI=1S/C12H15N3O3S/c1-19(17,18)8-7-14-12(16)11-5-4-10(9-15-11)3-2-6-13/h4-5,9H,6-8,13H2,1H3,(H,14,16). The number of nitrogens with two attached hydrogens (primary N) is 1. The lowest BCUT2D eigenvalue weighted by atomic mass is 10.2. The summed E-state index contributed by atoms with van der Waals surface area (Å²) in [6.45, 7) is 0.321. The van der Waals surface area contributed by atoms with Crippen molar-refractivity contribution < 1.29 is 13.2 Å². The molecule has 0 saturated heterocycles. The van der Waals surface area contributed by atoms with E-state index in [9.17, 15) is 13.2 Å². The van der Waals surface area contributed by atoms with E-state index in [0.29, 0.717) is 5.56 Å². The summed E-state index contributed by atoms with van der Waals surface area (Å²) in [5, 5.41) is 2.48. The number of aromatic nitrogens is 1. The van der Waals surface area contributed by atoms with Crippen LogP contribution in [0, 0.1) is 11.8 Å². The first-order valence-electron chi connectivity index (χ1n) is 5.53. The van der Waals surface area contributed by atoms with Gasteiger partial charge in [-0.2, -0.15) is 0 Å². The van der Waals surface area contributed by atoms with Gasteiger partial charge in [0, 0.05) is 24.6 Å². The van der Waals surface area contributed by atoms with Crippen molar-refractivity contribution >= 4 is 15.7 Å². The molecule has 7 heteroatoms. The predicted octanol–water partition coefficient (Wildman–Crippen LogP) is -0.834. The molecule has 0 aliphatic heterocycles. The first-order chi connectivity index (χ1) is 8.92. The fourth-order valence-electron chi connectivity index (χ4n) is 1.20. The van der Waals surface area contributed by atoms with Crippen molar-refractivity contribution in [2.75, 3.05) is 25.1 Å². The monoisotopic (exact) mass is 281 g/mol. The van der Waals surface area contributed by atoms with Crippen LogP contribution in [0.3, 0.4) is 0 Å². The molecule has 0 saturated carbocycles. The number of amides is 1. The topological polar surface area (TPSA) is 102 Å². The molecule has 0 aromatic carbocycles. The van der Waals surface area contributed by atoms with Crippen molar-refractivity contribution in [2.24, 2.45) is 5.73 Å². The van der Waals surface area contributed by atoms with Gasteiger partial charge in [-0.25, -0.2) is 13.4 Å². The molecule has 1 rings (SSSR count). The van der Waals surface area contributed by atoms with Crippen LogP contribution < -0.4 is 11.1 Å². The smallest absolute Gasteiger partial charge is 0.269 e. The lowest BCUT2D eigenvalue weighted by molar-refractivity contribution is 0.0951. The Balaban J connectivity index is 2.58. The summed E-state index contributed by atoms with van der Waals surface area (Å²) in [5.74, 6) is 4.95. The van der Waals surface area contributed by atoms with Crippen LogP contribution >= 0.6 is 0 Å². The van der Waals surface area contributed by atoms with Gasteiger partial charge in [0.25, 0.3) is 5.91 Å². The van der Waals surface area contributed by atoms with Gasteiger partial charge >= 0.3 is 0 Å². The third-order valence-corrected chi connectivity index (χ3v) is 3.04. The molecule has 0 spiro atoms. The van der Waals surface area contributed by atoms with Crippen LogP contribution in [0.2, 0.25) is 0 Å². The van der Waals surface area contributed by atoms with Crippen LogP contribution in [0.4, 0.5) is 0 Å². The van der Waals surface area contributed by atoms with Gasteiger partial charge in [0.05, 0.1) is 12.3 Å². The highest BCUT2D eigenvalue weighted by Gasteiger charge is 2.08. The Labute approximate surface area is 112 Å². The van der Waals surface area contributed by atoms with E-state index >= 15 is 0 Å². The normalized spacial score (nSPS) is 10.4. The summed E-state index contributed by atoms with van der Waals surface area (Å²) >= 11 is 0. The van der Waals surface area contributed by atoms with Gasteiger partial charge in [-0.1, -0.05) is 11.8 Å². The van der Waals surface area contributed by atoms with Crippen LogP contribution in [-0.4, -0.2) is 44.4 Å². The maximum absolute atomic E-state index is 11.6. The lowest BCUT2D eigenvalue weighted by Gasteiger charge is -2.03. The highest BCUT2D eigenvalue weighted by Crippen LogP contribution is 1.98. The van der Waals surface area contributed by atoms with Crippen molar-refractivity contribution in [1.29, 1.82) is 0 Å². The molecule has 1 aromatic heterocycles. The van der Waals surface area contributed by atoms with Crippen LogP contribution in [0.5, 0.6) is 0 Å². The Hall–Kier alpha value is -1.91. The van der Waals surface area contributed by atoms with E-state index in [1.165, 1.54) is 12.3 Å². The Morgan fingerprint density at radius 2 is 2.21 bits per heavy atom. The average Bonchev–Trinajstić information content (AvgIpc) is 2.35. The second-order valence-corrected chi connectivity index (χ2v) is 6.08. The predicted molar refractivity (Wildman–Crippen MR) is 72.2 cm³/mol. The first-order valence-corrected chi connectivity index (χ1v) is 7.59. The SMILES string of the molecule is CS(=O)(=O)CCNC(=O)c1ccc(C#CCN)cn1. The van der Waals surface area contributed by atoms with Gasteiger partial charge in [-0.05, 0) is 12.1 Å². The van der Waals surface area contributed by atoms with E-state index in [-0.39, 0.29) is 24.5 Å². The molecule has 0 aliphatic carbocycles. The third-order valence-electron chi connectivity index (χ3n) is 2.09. The average molecular weight is 281 g/mol. The quantitative estimate of drug-likeness (QED) is 0.701. The van der Waals surface area contributed by atoms with Crippen molar-refractivity contribution in [3.8, 4) is 11.8 Å². The van der Waals surface area contributed by atoms with Crippen LogP contribution in [-0.2, 0) is 9.84 Å². The molecule has 3 N–H and O–H groups in total. The zero-order chi connectivity index (χ0) is 14.3. The van der Waals surface area contributed by atoms with E-state index in [4.69, 9.17) is 5.73 Å². The van der Waals surface area contributed by atoms with Crippen molar-refractivity contribution in [3.05, 3.63) is 29.6 Å². The van der Waals surface area contributed by atoms with Gasteiger partial charge in [-0.3, -0.25) is 4.79 Å². The van der Waals surface area contributed by atoms with E-state index < -0.39 is 15.7 Å². The number of carbonyl (C=O) groups excluding carboxylic acids is 1. The summed E-state index contributed by atoms with van der Waals surface area (Å²) in [4.78, 5) is 15.6. The number of nitrogens with one attached hydrogen (secondary N) is 1. The summed E-state index contributed by atoms with van der Waals surface area (Å²) in [7, 11) is -3.08. The summed E-state index contributed by atoms with van der Waals surface area (Å²) in [6.07, 6.45) is 2.58. The second-order valence-electron chi connectivity index (χ2n) is 3.82. The zero-order valence-electron chi connectivity index (χ0n) is 10.5. The molecular formula is C12H15N3O3S. The molecule has 1 aromatic rings. The molecular weight excluding hydrogens is 266 g/mol. The van der Waals surface area contributed by atoms with E-state index in [2.05, 4.69) is 22.1 Å². The van der Waals surface area contributed by atoms with Gasteiger partial charge in [0.15, 0.2) is 0 Å². The molecule has 0 fully saturated rings.